The van der Waals surface area contributed by atoms with Gasteiger partial charge in [0.15, 0.2) is 5.82 Å². The van der Waals surface area contributed by atoms with Crippen LogP contribution in [-0.2, 0) is 11.3 Å². The standard InChI is InChI=1S/C17H16FN5O2S/c18-13-2-4-14(5-3-13)26-12-16(24)19-9-11-23-17(25)7-6-15(21-23)22-10-1-8-20-22/h1-8,10H,9,11-12H2,(H,19,24). The molecule has 3 rings (SSSR count). The fourth-order valence-corrected chi connectivity index (χ4v) is 2.89. The number of nitrogens with one attached hydrogen (secondary N) is 1. The number of carbonyl (C=O) groups excluding carboxylic acids is 1. The van der Waals surface area contributed by atoms with E-state index in [1.54, 1.807) is 41.3 Å². The molecule has 0 aliphatic heterocycles. The molecule has 0 aliphatic rings. The molecule has 0 saturated carbocycles. The third-order valence-corrected chi connectivity index (χ3v) is 4.43. The maximum atomic E-state index is 12.8. The average molecular weight is 373 g/mol. The molecule has 3 aromatic rings. The van der Waals surface area contributed by atoms with Crippen molar-refractivity contribution >= 4 is 17.7 Å². The SMILES string of the molecule is O=C(CSc1ccc(F)cc1)NCCn1nc(-n2cccn2)ccc1=O. The number of halogens is 1. The summed E-state index contributed by atoms with van der Waals surface area (Å²) in [5, 5.41) is 11.0. The van der Waals surface area contributed by atoms with E-state index in [4.69, 9.17) is 0 Å². The van der Waals surface area contributed by atoms with Crippen molar-refractivity contribution in [3.8, 4) is 5.82 Å². The number of carbonyl (C=O) groups is 1. The van der Waals surface area contributed by atoms with E-state index in [0.29, 0.717) is 5.82 Å². The molecule has 0 fully saturated rings. The number of hydrogen-bond donors (Lipinski definition) is 1. The van der Waals surface area contributed by atoms with Crippen LogP contribution in [0.4, 0.5) is 4.39 Å². The van der Waals surface area contributed by atoms with Crippen molar-refractivity contribution < 1.29 is 9.18 Å². The summed E-state index contributed by atoms with van der Waals surface area (Å²) in [6.07, 6.45) is 3.35. The van der Waals surface area contributed by atoms with Crippen LogP contribution < -0.4 is 10.9 Å². The minimum absolute atomic E-state index is 0.171. The Morgan fingerprint density at radius 1 is 1.19 bits per heavy atom. The Morgan fingerprint density at radius 3 is 2.73 bits per heavy atom. The highest BCUT2D eigenvalue weighted by Crippen LogP contribution is 2.17. The van der Waals surface area contributed by atoms with Crippen LogP contribution in [0, 0.1) is 5.82 Å². The van der Waals surface area contributed by atoms with Crippen molar-refractivity contribution in [1.29, 1.82) is 0 Å². The highest BCUT2D eigenvalue weighted by atomic mass is 32.2. The van der Waals surface area contributed by atoms with Gasteiger partial charge in [-0.2, -0.15) is 5.10 Å². The molecular weight excluding hydrogens is 357 g/mol. The second kappa shape index (κ2) is 8.43. The highest BCUT2D eigenvalue weighted by Gasteiger charge is 2.05. The molecule has 2 aromatic heterocycles. The molecule has 9 heteroatoms. The van der Waals surface area contributed by atoms with Crippen LogP contribution in [0.25, 0.3) is 5.82 Å². The Labute approximate surface area is 152 Å². The van der Waals surface area contributed by atoms with Crippen molar-refractivity contribution in [2.24, 2.45) is 0 Å². The van der Waals surface area contributed by atoms with Crippen LogP contribution in [0.3, 0.4) is 0 Å². The maximum absolute atomic E-state index is 12.8. The molecule has 1 aromatic carbocycles. The Balaban J connectivity index is 1.49. The summed E-state index contributed by atoms with van der Waals surface area (Å²) in [6.45, 7) is 0.527. The molecule has 0 bridgehead atoms. The van der Waals surface area contributed by atoms with Gasteiger partial charge >= 0.3 is 0 Å². The van der Waals surface area contributed by atoms with Gasteiger partial charge in [0.25, 0.3) is 5.56 Å². The summed E-state index contributed by atoms with van der Waals surface area (Å²) >= 11 is 1.31. The molecule has 1 N–H and O–H groups in total. The fourth-order valence-electron chi connectivity index (χ4n) is 2.16. The molecular formula is C17H16FN5O2S. The number of benzene rings is 1. The minimum Gasteiger partial charge on any atom is -0.354 e. The van der Waals surface area contributed by atoms with Crippen molar-refractivity contribution in [3.63, 3.8) is 0 Å². The van der Waals surface area contributed by atoms with Crippen LogP contribution in [0.1, 0.15) is 0 Å². The van der Waals surface area contributed by atoms with E-state index in [0.717, 1.165) is 4.90 Å². The zero-order chi connectivity index (χ0) is 18.4. The monoisotopic (exact) mass is 373 g/mol. The molecule has 0 spiro atoms. The molecule has 7 nitrogen and oxygen atoms in total. The molecule has 0 unspecified atom stereocenters. The second-order valence-electron chi connectivity index (χ2n) is 5.30. The first kappa shape index (κ1) is 17.9. The van der Waals surface area contributed by atoms with Gasteiger partial charge in [-0.1, -0.05) is 0 Å². The lowest BCUT2D eigenvalue weighted by Gasteiger charge is -2.08. The number of nitrogens with zero attached hydrogens (tertiary/aromatic N) is 4. The largest absolute Gasteiger partial charge is 0.354 e. The summed E-state index contributed by atoms with van der Waals surface area (Å²) in [5.74, 6) is 0.249. The van der Waals surface area contributed by atoms with Crippen molar-refractivity contribution in [1.82, 2.24) is 24.9 Å². The minimum atomic E-state index is -0.311. The third-order valence-electron chi connectivity index (χ3n) is 3.42. The van der Waals surface area contributed by atoms with Crippen LogP contribution in [-0.4, -0.2) is 37.8 Å². The molecule has 1 amide bonds. The van der Waals surface area contributed by atoms with Crippen LogP contribution in [0.2, 0.25) is 0 Å². The van der Waals surface area contributed by atoms with E-state index in [9.17, 15) is 14.0 Å². The molecule has 0 saturated heterocycles. The quantitative estimate of drug-likeness (QED) is 0.635. The van der Waals surface area contributed by atoms with Crippen LogP contribution in [0.5, 0.6) is 0 Å². The van der Waals surface area contributed by atoms with Crippen molar-refractivity contribution in [2.45, 2.75) is 11.4 Å². The summed E-state index contributed by atoms with van der Waals surface area (Å²) in [7, 11) is 0. The predicted molar refractivity (Wildman–Crippen MR) is 95.8 cm³/mol. The van der Waals surface area contributed by atoms with Gasteiger partial charge in [0.1, 0.15) is 5.82 Å². The van der Waals surface area contributed by atoms with Crippen molar-refractivity contribution in [3.05, 3.63) is 71.0 Å². The summed E-state index contributed by atoms with van der Waals surface area (Å²) in [6, 6.07) is 10.7. The summed E-state index contributed by atoms with van der Waals surface area (Å²) in [5.41, 5.74) is -0.254. The average Bonchev–Trinajstić information content (AvgIpc) is 3.17. The van der Waals surface area contributed by atoms with E-state index in [2.05, 4.69) is 15.5 Å². The van der Waals surface area contributed by atoms with Gasteiger partial charge in [0.05, 0.1) is 12.3 Å². The Bertz CT molecular complexity index is 925. The zero-order valence-electron chi connectivity index (χ0n) is 13.7. The first-order valence-electron chi connectivity index (χ1n) is 7.85. The topological polar surface area (TPSA) is 81.8 Å². The van der Waals surface area contributed by atoms with Gasteiger partial charge < -0.3 is 5.32 Å². The first-order chi connectivity index (χ1) is 12.6. The highest BCUT2D eigenvalue weighted by molar-refractivity contribution is 8.00. The van der Waals surface area contributed by atoms with Gasteiger partial charge in [-0.05, 0) is 36.4 Å². The maximum Gasteiger partial charge on any atom is 0.266 e. The van der Waals surface area contributed by atoms with Gasteiger partial charge in [0, 0.05) is 29.9 Å². The lowest BCUT2D eigenvalue weighted by molar-refractivity contribution is -0.118. The van der Waals surface area contributed by atoms with E-state index in [1.165, 1.54) is 34.6 Å². The molecule has 0 aliphatic carbocycles. The van der Waals surface area contributed by atoms with E-state index in [-0.39, 0.29) is 36.1 Å². The molecule has 2 heterocycles. The van der Waals surface area contributed by atoms with E-state index < -0.39 is 0 Å². The first-order valence-corrected chi connectivity index (χ1v) is 8.83. The number of hydrogen-bond acceptors (Lipinski definition) is 5. The Hall–Kier alpha value is -2.94. The van der Waals surface area contributed by atoms with Gasteiger partial charge in [-0.15, -0.1) is 16.9 Å². The van der Waals surface area contributed by atoms with Crippen molar-refractivity contribution in [2.75, 3.05) is 12.3 Å². The van der Waals surface area contributed by atoms with Gasteiger partial charge in [0.2, 0.25) is 5.91 Å². The van der Waals surface area contributed by atoms with E-state index in [1.807, 2.05) is 0 Å². The third kappa shape index (κ3) is 4.79. The van der Waals surface area contributed by atoms with Gasteiger partial charge in [-0.25, -0.2) is 13.8 Å². The predicted octanol–water partition coefficient (Wildman–Crippen LogP) is 1.48. The Kier molecular flexibility index (Phi) is 5.80. The van der Waals surface area contributed by atoms with Gasteiger partial charge in [-0.3, -0.25) is 9.59 Å². The Morgan fingerprint density at radius 2 is 2.00 bits per heavy atom. The zero-order valence-corrected chi connectivity index (χ0v) is 14.5. The lowest BCUT2D eigenvalue weighted by atomic mass is 10.4. The summed E-state index contributed by atoms with van der Waals surface area (Å²) in [4.78, 5) is 24.6. The van der Waals surface area contributed by atoms with Crippen LogP contribution in [0.15, 0.2) is 64.5 Å². The lowest BCUT2D eigenvalue weighted by Crippen LogP contribution is -2.33. The fraction of sp³-hybridized carbons (Fsp3) is 0.176. The molecule has 0 radical (unpaired) electrons. The number of aromatic nitrogens is 4. The number of amides is 1. The van der Waals surface area contributed by atoms with Crippen LogP contribution >= 0.6 is 11.8 Å². The molecule has 26 heavy (non-hydrogen) atoms. The molecule has 0 atom stereocenters. The molecule has 134 valence electrons. The normalized spacial score (nSPS) is 10.7. The summed E-state index contributed by atoms with van der Waals surface area (Å²) < 4.78 is 15.7. The number of rotatable bonds is 7. The second-order valence-corrected chi connectivity index (χ2v) is 6.34. The number of thioether (sulfide) groups is 1. The smallest absolute Gasteiger partial charge is 0.266 e. The van der Waals surface area contributed by atoms with E-state index >= 15 is 0 Å².